The minimum absolute atomic E-state index is 0.0579. The number of esters is 1. The van der Waals surface area contributed by atoms with Gasteiger partial charge in [0.05, 0.1) is 17.9 Å². The monoisotopic (exact) mass is 421 g/mol. The molecule has 31 heavy (non-hydrogen) atoms. The molecule has 3 rings (SSSR count). The van der Waals surface area contributed by atoms with E-state index in [9.17, 15) is 19.5 Å². The van der Waals surface area contributed by atoms with E-state index in [2.05, 4.69) is 5.32 Å². The Morgan fingerprint density at radius 2 is 1.71 bits per heavy atom. The molecule has 0 spiro atoms. The summed E-state index contributed by atoms with van der Waals surface area (Å²) in [5.74, 6) is -1.18. The number of rotatable bonds is 9. The van der Waals surface area contributed by atoms with Gasteiger partial charge in [0.2, 0.25) is 5.91 Å². The third-order valence-corrected chi connectivity index (χ3v) is 4.61. The summed E-state index contributed by atoms with van der Waals surface area (Å²) in [6.45, 7) is 1.91. The molecule has 0 saturated heterocycles. The summed E-state index contributed by atoms with van der Waals surface area (Å²) in [5, 5.41) is 13.8. The Kier molecular flexibility index (Phi) is 7.22. The Labute approximate surface area is 179 Å². The van der Waals surface area contributed by atoms with Crippen molar-refractivity contribution < 1.29 is 29.0 Å². The largest absolute Gasteiger partial charge is 0.482 e. The highest BCUT2D eigenvalue weighted by atomic mass is 16.6. The molecule has 0 atom stereocenters. The quantitative estimate of drug-likeness (QED) is 0.506. The maximum absolute atomic E-state index is 12.3. The van der Waals surface area contributed by atoms with Crippen LogP contribution in [0.1, 0.15) is 29.3 Å². The average Bonchev–Trinajstić information content (AvgIpc) is 2.76. The normalized spacial score (nSPS) is 10.5. The molecule has 0 heterocycles. The van der Waals surface area contributed by atoms with Gasteiger partial charge in [-0.3, -0.25) is 4.79 Å². The van der Waals surface area contributed by atoms with E-state index in [1.807, 2.05) is 30.3 Å². The van der Waals surface area contributed by atoms with Gasteiger partial charge in [-0.2, -0.15) is 0 Å². The molecule has 160 valence electrons. The number of fused-ring (bicyclic) bond motifs is 1. The second-order valence-electron chi connectivity index (χ2n) is 6.84. The molecule has 0 unspecified atom stereocenters. The van der Waals surface area contributed by atoms with Gasteiger partial charge in [-0.15, -0.1) is 0 Å². The summed E-state index contributed by atoms with van der Waals surface area (Å²) in [7, 11) is 0. The fourth-order valence-electron chi connectivity index (χ4n) is 3.11. The van der Waals surface area contributed by atoms with Gasteiger partial charge in [0.1, 0.15) is 5.75 Å². The lowest BCUT2D eigenvalue weighted by Gasteiger charge is -2.09. The Hall–Kier alpha value is -3.87. The summed E-state index contributed by atoms with van der Waals surface area (Å²) in [5.41, 5.74) is 1.32. The minimum atomic E-state index is -1.09. The summed E-state index contributed by atoms with van der Waals surface area (Å²) in [6.07, 6.45) is 0.734. The summed E-state index contributed by atoms with van der Waals surface area (Å²) in [6, 6.07) is 17.7. The summed E-state index contributed by atoms with van der Waals surface area (Å²) >= 11 is 0. The van der Waals surface area contributed by atoms with Gasteiger partial charge in [-0.25, -0.2) is 9.59 Å². The van der Waals surface area contributed by atoms with Crippen LogP contribution in [0.3, 0.4) is 0 Å². The molecule has 0 fully saturated rings. The predicted octanol–water partition coefficient (Wildman–Crippen LogP) is 4.05. The topological polar surface area (TPSA) is 102 Å². The highest BCUT2D eigenvalue weighted by molar-refractivity contribution is 6.00. The van der Waals surface area contributed by atoms with Crippen molar-refractivity contribution in [3.63, 3.8) is 0 Å². The summed E-state index contributed by atoms with van der Waals surface area (Å²) in [4.78, 5) is 34.9. The van der Waals surface area contributed by atoms with Crippen LogP contribution in [-0.2, 0) is 20.7 Å². The van der Waals surface area contributed by atoms with E-state index in [1.165, 1.54) is 6.07 Å². The summed E-state index contributed by atoms with van der Waals surface area (Å²) < 4.78 is 10.3. The SMILES string of the molecule is CCOC(=O)COc1ccc2cc(CCC(=O)Nc3ccccc3C(=O)O)ccc2c1. The maximum atomic E-state index is 12.3. The Morgan fingerprint density at radius 1 is 0.968 bits per heavy atom. The maximum Gasteiger partial charge on any atom is 0.344 e. The molecule has 3 aromatic rings. The van der Waals surface area contributed by atoms with Crippen molar-refractivity contribution in [2.45, 2.75) is 19.8 Å². The van der Waals surface area contributed by atoms with E-state index in [0.29, 0.717) is 18.8 Å². The molecular weight excluding hydrogens is 398 g/mol. The first kappa shape index (κ1) is 21.8. The second-order valence-corrected chi connectivity index (χ2v) is 6.84. The molecule has 0 radical (unpaired) electrons. The molecule has 0 aromatic heterocycles. The van der Waals surface area contributed by atoms with Crippen LogP contribution in [0, 0.1) is 0 Å². The first-order valence-corrected chi connectivity index (χ1v) is 9.89. The van der Waals surface area contributed by atoms with Crippen LogP contribution in [0.5, 0.6) is 5.75 Å². The van der Waals surface area contributed by atoms with Crippen molar-refractivity contribution in [1.82, 2.24) is 0 Å². The van der Waals surface area contributed by atoms with Crippen molar-refractivity contribution >= 4 is 34.3 Å². The number of para-hydroxylation sites is 1. The van der Waals surface area contributed by atoms with E-state index in [4.69, 9.17) is 9.47 Å². The van der Waals surface area contributed by atoms with Crippen LogP contribution in [-0.4, -0.2) is 36.2 Å². The molecule has 2 N–H and O–H groups in total. The molecule has 0 aliphatic rings. The highest BCUT2D eigenvalue weighted by Gasteiger charge is 2.12. The van der Waals surface area contributed by atoms with Crippen molar-refractivity contribution in [3.05, 3.63) is 71.8 Å². The van der Waals surface area contributed by atoms with Gasteiger partial charge in [0.15, 0.2) is 6.61 Å². The lowest BCUT2D eigenvalue weighted by atomic mass is 10.0. The van der Waals surface area contributed by atoms with Crippen LogP contribution < -0.4 is 10.1 Å². The average molecular weight is 421 g/mol. The number of nitrogens with one attached hydrogen (secondary N) is 1. The highest BCUT2D eigenvalue weighted by Crippen LogP contribution is 2.23. The molecular formula is C24H23NO6. The number of ether oxygens (including phenoxy) is 2. The number of aromatic carboxylic acids is 1. The number of benzene rings is 3. The van der Waals surface area contributed by atoms with E-state index in [-0.39, 0.29) is 30.2 Å². The molecule has 0 saturated carbocycles. The zero-order chi connectivity index (χ0) is 22.2. The van der Waals surface area contributed by atoms with Gasteiger partial charge in [0, 0.05) is 6.42 Å². The van der Waals surface area contributed by atoms with Crippen molar-refractivity contribution in [2.75, 3.05) is 18.5 Å². The number of hydrogen-bond acceptors (Lipinski definition) is 5. The molecule has 7 heteroatoms. The number of amides is 1. The van der Waals surface area contributed by atoms with Gasteiger partial charge in [0.25, 0.3) is 0 Å². The van der Waals surface area contributed by atoms with Crippen molar-refractivity contribution in [1.29, 1.82) is 0 Å². The Balaban J connectivity index is 1.59. The first-order chi connectivity index (χ1) is 15.0. The zero-order valence-corrected chi connectivity index (χ0v) is 17.1. The Bertz CT molecular complexity index is 1110. The van der Waals surface area contributed by atoms with E-state index < -0.39 is 11.9 Å². The van der Waals surface area contributed by atoms with Crippen LogP contribution in [0.15, 0.2) is 60.7 Å². The fraction of sp³-hybridized carbons (Fsp3) is 0.208. The van der Waals surface area contributed by atoms with Gasteiger partial charge in [-0.05, 0) is 53.9 Å². The molecule has 0 aliphatic carbocycles. The smallest absolute Gasteiger partial charge is 0.344 e. The predicted molar refractivity (Wildman–Crippen MR) is 116 cm³/mol. The second kappa shape index (κ2) is 10.2. The van der Waals surface area contributed by atoms with E-state index >= 15 is 0 Å². The standard InChI is InChI=1S/C24H23NO6/c1-2-30-23(27)15-31-19-11-10-17-13-16(7-9-18(17)14-19)8-12-22(26)25-21-6-4-3-5-20(21)24(28)29/h3-7,9-11,13-14H,2,8,12,15H2,1H3,(H,25,26)(H,28,29). The molecule has 1 amide bonds. The number of anilines is 1. The van der Waals surface area contributed by atoms with Crippen LogP contribution in [0.25, 0.3) is 10.8 Å². The van der Waals surface area contributed by atoms with E-state index in [0.717, 1.165) is 16.3 Å². The van der Waals surface area contributed by atoms with Crippen molar-refractivity contribution in [2.24, 2.45) is 0 Å². The minimum Gasteiger partial charge on any atom is -0.482 e. The number of carboxylic acid groups (broad SMARTS) is 1. The van der Waals surface area contributed by atoms with Gasteiger partial charge < -0.3 is 19.9 Å². The fourth-order valence-corrected chi connectivity index (χ4v) is 3.11. The number of hydrogen-bond donors (Lipinski definition) is 2. The van der Waals surface area contributed by atoms with Crippen molar-refractivity contribution in [3.8, 4) is 5.75 Å². The van der Waals surface area contributed by atoms with Crippen LogP contribution in [0.4, 0.5) is 5.69 Å². The molecule has 0 aliphatic heterocycles. The van der Waals surface area contributed by atoms with E-state index in [1.54, 1.807) is 31.2 Å². The molecule has 0 bridgehead atoms. The molecule has 3 aromatic carbocycles. The number of carbonyl (C=O) groups is 3. The van der Waals surface area contributed by atoms with Crippen LogP contribution >= 0.6 is 0 Å². The lowest BCUT2D eigenvalue weighted by molar-refractivity contribution is -0.145. The Morgan fingerprint density at radius 3 is 2.48 bits per heavy atom. The number of carbonyl (C=O) groups excluding carboxylic acids is 2. The molecule has 7 nitrogen and oxygen atoms in total. The van der Waals surface area contributed by atoms with Gasteiger partial charge >= 0.3 is 11.9 Å². The van der Waals surface area contributed by atoms with Gasteiger partial charge in [-0.1, -0.05) is 36.4 Å². The third kappa shape index (κ3) is 6.05. The first-order valence-electron chi connectivity index (χ1n) is 9.89. The zero-order valence-electron chi connectivity index (χ0n) is 17.1. The number of carboxylic acids is 1. The third-order valence-electron chi connectivity index (χ3n) is 4.61. The van der Waals surface area contributed by atoms with Crippen LogP contribution in [0.2, 0.25) is 0 Å². The number of aryl methyl sites for hydroxylation is 1. The lowest BCUT2D eigenvalue weighted by Crippen LogP contribution is -2.15.